The first-order valence-electron chi connectivity index (χ1n) is 3.81. The van der Waals surface area contributed by atoms with Gasteiger partial charge in [0.15, 0.2) is 0 Å². The zero-order chi connectivity index (χ0) is 9.14. The van der Waals surface area contributed by atoms with Crippen LogP contribution in [0.25, 0.3) is 0 Å². The highest BCUT2D eigenvalue weighted by Crippen LogP contribution is 2.23. The van der Waals surface area contributed by atoms with Crippen LogP contribution in [0, 0.1) is 10.5 Å². The molecule has 0 spiro atoms. The lowest BCUT2D eigenvalue weighted by Crippen LogP contribution is -1.91. The lowest BCUT2D eigenvalue weighted by molar-refractivity contribution is 0.414. The van der Waals surface area contributed by atoms with Crippen LogP contribution in [0.2, 0.25) is 0 Å². The largest absolute Gasteiger partial charge is 0.497 e. The molecule has 0 saturated heterocycles. The molecular weight excluding hydrogens is 263 g/mol. The fourth-order valence-corrected chi connectivity index (χ4v) is 1.65. The van der Waals surface area contributed by atoms with Crippen LogP contribution in [0.3, 0.4) is 0 Å². The Labute approximate surface area is 87.3 Å². The van der Waals surface area contributed by atoms with Crippen LogP contribution in [-0.4, -0.2) is 7.11 Å². The molecule has 1 nitrogen and oxygen atoms in total. The van der Waals surface area contributed by atoms with E-state index in [0.717, 1.165) is 5.75 Å². The van der Waals surface area contributed by atoms with Crippen molar-refractivity contribution in [2.24, 2.45) is 0 Å². The second-order valence-electron chi connectivity index (χ2n) is 2.83. The summed E-state index contributed by atoms with van der Waals surface area (Å²) in [5.41, 5.74) is 1.22. The van der Waals surface area contributed by atoms with Gasteiger partial charge in [0.2, 0.25) is 0 Å². The molecule has 2 heteroatoms. The summed E-state index contributed by atoms with van der Waals surface area (Å²) < 4.78 is 6.35. The van der Waals surface area contributed by atoms with Gasteiger partial charge in [0, 0.05) is 3.57 Å². The first-order chi connectivity index (χ1) is 5.63. The van der Waals surface area contributed by atoms with E-state index in [4.69, 9.17) is 4.74 Å². The molecular formula is C10H12IO. The van der Waals surface area contributed by atoms with Gasteiger partial charge < -0.3 is 4.74 Å². The van der Waals surface area contributed by atoms with Gasteiger partial charge in [-0.15, -0.1) is 0 Å². The van der Waals surface area contributed by atoms with E-state index in [9.17, 15) is 0 Å². The molecule has 0 aromatic heterocycles. The Bertz CT molecular complexity index is 269. The molecule has 12 heavy (non-hydrogen) atoms. The average molecular weight is 275 g/mol. The van der Waals surface area contributed by atoms with Gasteiger partial charge in [-0.3, -0.25) is 0 Å². The highest BCUT2D eigenvalue weighted by Gasteiger charge is 2.02. The number of methoxy groups -OCH3 is 1. The van der Waals surface area contributed by atoms with Crippen LogP contribution in [-0.2, 0) is 0 Å². The quantitative estimate of drug-likeness (QED) is 0.753. The summed E-state index contributed by atoms with van der Waals surface area (Å²) in [5, 5.41) is 0. The minimum absolute atomic E-state index is 0.314. The van der Waals surface area contributed by atoms with Crippen LogP contribution < -0.4 is 4.74 Å². The van der Waals surface area contributed by atoms with E-state index in [2.05, 4.69) is 42.5 Å². The van der Waals surface area contributed by atoms with E-state index < -0.39 is 0 Å². The molecule has 1 unspecified atom stereocenters. The molecule has 0 aliphatic rings. The summed E-state index contributed by atoms with van der Waals surface area (Å²) >= 11 is 2.28. The van der Waals surface area contributed by atoms with Gasteiger partial charge in [-0.25, -0.2) is 0 Å². The van der Waals surface area contributed by atoms with Crippen LogP contribution in [0.1, 0.15) is 18.4 Å². The maximum Gasteiger partial charge on any atom is 0.120 e. The van der Waals surface area contributed by atoms with E-state index in [1.54, 1.807) is 7.11 Å². The predicted octanol–water partition coefficient (Wildman–Crippen LogP) is 3.24. The Hall–Kier alpha value is -0.250. The van der Waals surface area contributed by atoms with Crippen molar-refractivity contribution in [2.75, 3.05) is 7.11 Å². The van der Waals surface area contributed by atoms with Gasteiger partial charge in [-0.1, -0.05) is 6.92 Å². The summed E-state index contributed by atoms with van der Waals surface area (Å²) in [6.45, 7) is 6.04. The molecule has 0 N–H and O–H groups in total. The molecule has 1 aromatic rings. The summed E-state index contributed by atoms with van der Waals surface area (Å²) in [5.74, 6) is 1.22. The molecule has 0 aliphatic heterocycles. The Morgan fingerprint density at radius 2 is 2.08 bits per heavy atom. The summed E-state index contributed by atoms with van der Waals surface area (Å²) in [7, 11) is 1.68. The molecule has 0 amide bonds. The number of rotatable bonds is 2. The van der Waals surface area contributed by atoms with Gasteiger partial charge in [0.05, 0.1) is 7.11 Å². The van der Waals surface area contributed by atoms with Crippen molar-refractivity contribution in [2.45, 2.75) is 12.8 Å². The molecule has 1 rings (SSSR count). The topological polar surface area (TPSA) is 9.23 Å². The van der Waals surface area contributed by atoms with Gasteiger partial charge in [-0.05, 0) is 59.2 Å². The summed E-state index contributed by atoms with van der Waals surface area (Å²) in [6, 6.07) is 6.16. The fourth-order valence-electron chi connectivity index (χ4n) is 0.987. The maximum absolute atomic E-state index is 5.15. The smallest absolute Gasteiger partial charge is 0.120 e. The fraction of sp³-hybridized carbons (Fsp3) is 0.300. The van der Waals surface area contributed by atoms with Gasteiger partial charge >= 0.3 is 0 Å². The van der Waals surface area contributed by atoms with Crippen molar-refractivity contribution in [3.05, 3.63) is 34.3 Å². The van der Waals surface area contributed by atoms with E-state index in [0.29, 0.717) is 5.92 Å². The van der Waals surface area contributed by atoms with Crippen LogP contribution in [0.4, 0.5) is 0 Å². The third-order valence-electron chi connectivity index (χ3n) is 1.70. The highest BCUT2D eigenvalue weighted by molar-refractivity contribution is 14.1. The number of hydrogen-bond donors (Lipinski definition) is 0. The van der Waals surface area contributed by atoms with Crippen molar-refractivity contribution in [3.8, 4) is 5.75 Å². The standard InChI is InChI=1S/C10H12IO/c1-7(2)8-4-9(11)6-10(5-8)12-3/h4-7H,1H2,2-3H3. The van der Waals surface area contributed by atoms with Crippen molar-refractivity contribution < 1.29 is 4.74 Å². The predicted molar refractivity (Wildman–Crippen MR) is 59.5 cm³/mol. The van der Waals surface area contributed by atoms with E-state index in [-0.39, 0.29) is 0 Å². The van der Waals surface area contributed by atoms with Gasteiger partial charge in [0.1, 0.15) is 5.75 Å². The van der Waals surface area contributed by atoms with Crippen molar-refractivity contribution >= 4 is 22.6 Å². The van der Waals surface area contributed by atoms with Crippen LogP contribution in [0.5, 0.6) is 5.75 Å². The summed E-state index contributed by atoms with van der Waals surface area (Å²) in [6.07, 6.45) is 0. The molecule has 0 heterocycles. The van der Waals surface area contributed by atoms with Gasteiger partial charge in [0.25, 0.3) is 0 Å². The summed E-state index contributed by atoms with van der Waals surface area (Å²) in [4.78, 5) is 0. The molecule has 1 radical (unpaired) electrons. The van der Waals surface area contributed by atoms with E-state index in [1.807, 2.05) is 12.1 Å². The monoisotopic (exact) mass is 275 g/mol. The first kappa shape index (κ1) is 9.84. The van der Waals surface area contributed by atoms with E-state index in [1.165, 1.54) is 9.13 Å². The normalized spacial score (nSPS) is 10.4. The Kier molecular flexibility index (Phi) is 3.38. The average Bonchev–Trinajstić information content (AvgIpc) is 2.03. The minimum Gasteiger partial charge on any atom is -0.497 e. The Balaban J connectivity index is 3.06. The zero-order valence-corrected chi connectivity index (χ0v) is 9.46. The third kappa shape index (κ3) is 2.37. The van der Waals surface area contributed by atoms with Gasteiger partial charge in [-0.2, -0.15) is 0 Å². The lowest BCUT2D eigenvalue weighted by atomic mass is 10.0. The Morgan fingerprint density at radius 1 is 1.42 bits per heavy atom. The molecule has 0 saturated carbocycles. The van der Waals surface area contributed by atoms with Crippen LogP contribution >= 0.6 is 22.6 Å². The molecule has 0 fully saturated rings. The minimum atomic E-state index is 0.314. The maximum atomic E-state index is 5.15. The lowest BCUT2D eigenvalue weighted by Gasteiger charge is -2.08. The molecule has 1 atom stereocenters. The molecule has 0 bridgehead atoms. The number of hydrogen-bond acceptors (Lipinski definition) is 1. The third-order valence-corrected chi connectivity index (χ3v) is 2.32. The van der Waals surface area contributed by atoms with Crippen molar-refractivity contribution in [1.29, 1.82) is 0 Å². The second-order valence-corrected chi connectivity index (χ2v) is 4.07. The highest BCUT2D eigenvalue weighted by atomic mass is 127. The first-order valence-corrected chi connectivity index (χ1v) is 4.89. The van der Waals surface area contributed by atoms with Crippen LogP contribution in [0.15, 0.2) is 18.2 Å². The number of ether oxygens (including phenoxy) is 1. The van der Waals surface area contributed by atoms with Crippen molar-refractivity contribution in [3.63, 3.8) is 0 Å². The van der Waals surface area contributed by atoms with Crippen molar-refractivity contribution in [1.82, 2.24) is 0 Å². The molecule has 65 valence electrons. The molecule has 0 aliphatic carbocycles. The second kappa shape index (κ2) is 4.12. The zero-order valence-electron chi connectivity index (χ0n) is 7.30. The number of halogens is 1. The number of benzene rings is 1. The molecule has 1 aromatic carbocycles. The van der Waals surface area contributed by atoms with E-state index >= 15 is 0 Å². The Morgan fingerprint density at radius 3 is 2.58 bits per heavy atom. The SMILES string of the molecule is [CH2]C(C)c1cc(I)cc(OC)c1.